The molecule has 0 spiro atoms. The Morgan fingerprint density at radius 3 is 1.00 bits per heavy atom. The molecule has 0 aromatic heterocycles. The largest absolute Gasteiger partial charge is 0.344 e. The van der Waals surface area contributed by atoms with Crippen LogP contribution in [0.1, 0.15) is 0 Å². The Bertz CT molecular complexity index is 17.2. The summed E-state index contributed by atoms with van der Waals surface area (Å²) in [6.45, 7) is 0. The highest BCUT2D eigenvalue weighted by Crippen LogP contribution is 1.38. The SMILES string of the molecule is Cl.N.N.N.[O-][Cl+2]([O-])O. The topological polar surface area (TPSA) is 171 Å². The lowest BCUT2D eigenvalue weighted by molar-refractivity contribution is -1.63. The van der Waals surface area contributed by atoms with E-state index in [0.29, 0.717) is 0 Å². The number of rotatable bonds is 0. The van der Waals surface area contributed by atoms with E-state index in [0.717, 1.165) is 0 Å². The predicted octanol–water partition coefficient (Wildman–Crippen LogP) is -2.03. The third-order valence-electron chi connectivity index (χ3n) is 0. The normalized spacial score (nSPS) is 4.50. The average Bonchev–Trinajstić information content (AvgIpc) is 0.811. The van der Waals surface area contributed by atoms with Gasteiger partial charge in [-0.2, -0.15) is 0 Å². The van der Waals surface area contributed by atoms with Gasteiger partial charge < -0.3 is 27.8 Å². The summed E-state index contributed by atoms with van der Waals surface area (Å²) in [6.07, 6.45) is 0. The van der Waals surface area contributed by atoms with E-state index in [4.69, 9.17) is 14.0 Å². The zero-order valence-electron chi connectivity index (χ0n) is 4.17. The molecule has 8 heteroatoms. The molecule has 0 fully saturated rings. The van der Waals surface area contributed by atoms with E-state index in [9.17, 15) is 0 Å². The number of hydrogen-bond donors (Lipinski definition) is 4. The fraction of sp³-hybridized carbons (Fsp3) is 0. The summed E-state index contributed by atoms with van der Waals surface area (Å²) in [5.41, 5.74) is 0. The molecule has 0 aliphatic carbocycles. The molecule has 0 radical (unpaired) electrons. The Hall–Kier alpha value is 0.340. The van der Waals surface area contributed by atoms with Crippen LogP contribution in [0.3, 0.4) is 0 Å². The van der Waals surface area contributed by atoms with E-state index in [1.165, 1.54) is 0 Å². The Morgan fingerprint density at radius 2 is 1.00 bits per heavy atom. The lowest BCUT2D eigenvalue weighted by atomic mass is 14.0. The second-order valence-electron chi connectivity index (χ2n) is 0.201. The predicted molar refractivity (Wildman–Crippen MR) is 24.5 cm³/mol. The summed E-state index contributed by atoms with van der Waals surface area (Å²) >= 11 is 0. The maximum Gasteiger partial charge on any atom is 0.282 e. The van der Waals surface area contributed by atoms with Gasteiger partial charge >= 0.3 is 0 Å². The van der Waals surface area contributed by atoms with Crippen LogP contribution in [0.4, 0.5) is 0 Å². The van der Waals surface area contributed by atoms with Gasteiger partial charge in [-0.25, -0.2) is 0 Å². The molecule has 0 unspecified atom stereocenters. The molecular weight excluding hydrogens is 161 g/mol. The first-order valence-corrected chi connectivity index (χ1v) is 1.43. The van der Waals surface area contributed by atoms with Crippen LogP contribution < -0.4 is 27.8 Å². The molecule has 0 aliphatic heterocycles. The van der Waals surface area contributed by atoms with Gasteiger partial charge in [-0.05, 0) is 0 Å². The van der Waals surface area contributed by atoms with E-state index in [-0.39, 0.29) is 30.9 Å². The van der Waals surface area contributed by atoms with Gasteiger partial charge in [0.2, 0.25) is 0 Å². The minimum absolute atomic E-state index is 0. The van der Waals surface area contributed by atoms with E-state index in [1.54, 1.807) is 0 Å². The zero-order valence-corrected chi connectivity index (χ0v) is 5.74. The van der Waals surface area contributed by atoms with Crippen molar-refractivity contribution < 1.29 is 24.8 Å². The van der Waals surface area contributed by atoms with Gasteiger partial charge in [-0.15, -0.1) is 12.4 Å². The first-order valence-electron chi connectivity index (χ1n) is 0.478. The standard InChI is InChI=1S/ClHO3.ClH.3H3N/c2-1(3)4;;;;/h2H;1H;3*1H3. The van der Waals surface area contributed by atoms with Crippen molar-refractivity contribution in [1.29, 1.82) is 0 Å². The monoisotopic (exact) mass is 171 g/mol. The van der Waals surface area contributed by atoms with E-state index in [1.807, 2.05) is 0 Å². The minimum atomic E-state index is -2.60. The smallest absolute Gasteiger partial charge is 0.282 e. The van der Waals surface area contributed by atoms with Crippen molar-refractivity contribution in [1.82, 2.24) is 18.5 Å². The summed E-state index contributed by atoms with van der Waals surface area (Å²) < 4.78 is 24.0. The van der Waals surface area contributed by atoms with Crippen molar-refractivity contribution in [2.45, 2.75) is 0 Å². The number of halogens is 2. The molecule has 0 aromatic rings. The molecule has 0 saturated carbocycles. The molecule has 8 heavy (non-hydrogen) atoms. The minimum Gasteiger partial charge on any atom is -0.344 e. The molecule has 0 saturated heterocycles. The first kappa shape index (κ1) is 40.3. The molecular formula is H11Cl2N3O3. The molecule has 10 N–H and O–H groups in total. The molecule has 0 atom stereocenters. The molecule has 0 heterocycles. The molecule has 0 amide bonds. The van der Waals surface area contributed by atoms with Crippen LogP contribution in [-0.2, 0) is 0 Å². The van der Waals surface area contributed by atoms with Crippen LogP contribution in [0.25, 0.3) is 0 Å². The van der Waals surface area contributed by atoms with Crippen LogP contribution in [0.5, 0.6) is 0 Å². The highest BCUT2D eigenvalue weighted by molar-refractivity contribution is 5.85. The van der Waals surface area contributed by atoms with Gasteiger partial charge in [0.1, 0.15) is 0 Å². The van der Waals surface area contributed by atoms with Crippen LogP contribution in [0.15, 0.2) is 0 Å². The maximum atomic E-state index is 8.52. The van der Waals surface area contributed by atoms with Gasteiger partial charge in [0.15, 0.2) is 0 Å². The second-order valence-corrected chi connectivity index (χ2v) is 0.603. The van der Waals surface area contributed by atoms with Gasteiger partial charge in [0.25, 0.3) is 10.8 Å². The number of hydrogen-bond acceptors (Lipinski definition) is 6. The molecule has 0 bridgehead atoms. The highest BCUT2D eigenvalue weighted by Gasteiger charge is 1.79. The molecule has 58 valence electrons. The second kappa shape index (κ2) is 26.4. The Balaban J connectivity index is -0.00000000750. The van der Waals surface area contributed by atoms with Crippen molar-refractivity contribution in [3.05, 3.63) is 0 Å². The van der Waals surface area contributed by atoms with Gasteiger partial charge in [-0.1, -0.05) is 0 Å². The van der Waals surface area contributed by atoms with Gasteiger partial charge in [0, 0.05) is 4.66 Å². The summed E-state index contributed by atoms with van der Waals surface area (Å²) in [5, 5.41) is 0. The van der Waals surface area contributed by atoms with Crippen LogP contribution in [-0.4, -0.2) is 4.66 Å². The third kappa shape index (κ3) is 1560. The average molecular weight is 172 g/mol. The molecule has 0 rings (SSSR count). The van der Waals surface area contributed by atoms with Crippen molar-refractivity contribution in [3.8, 4) is 0 Å². The van der Waals surface area contributed by atoms with Crippen LogP contribution in [0, 0.1) is 10.8 Å². The van der Waals surface area contributed by atoms with Crippen molar-refractivity contribution in [2.24, 2.45) is 0 Å². The quantitative estimate of drug-likeness (QED) is 0.328. The molecule has 6 nitrogen and oxygen atoms in total. The molecule has 0 aromatic carbocycles. The van der Waals surface area contributed by atoms with Crippen molar-refractivity contribution in [2.75, 3.05) is 0 Å². The Labute approximate surface area is 56.4 Å². The summed E-state index contributed by atoms with van der Waals surface area (Å²) in [4.78, 5) is 0. The zero-order chi connectivity index (χ0) is 3.58. The Kier molecular flexibility index (Phi) is 133. The lowest BCUT2D eigenvalue weighted by Gasteiger charge is -1.72. The van der Waals surface area contributed by atoms with Crippen molar-refractivity contribution >= 4 is 12.4 Å². The van der Waals surface area contributed by atoms with Gasteiger partial charge in [-0.3, -0.25) is 0 Å². The Morgan fingerprint density at radius 1 is 1.00 bits per heavy atom. The summed E-state index contributed by atoms with van der Waals surface area (Å²) in [5.74, 6) is 0. The third-order valence-corrected chi connectivity index (χ3v) is 0. The lowest BCUT2D eigenvalue weighted by Crippen LogP contribution is -2.30. The van der Waals surface area contributed by atoms with E-state index < -0.39 is 10.8 Å². The van der Waals surface area contributed by atoms with Crippen molar-refractivity contribution in [3.63, 3.8) is 0 Å². The summed E-state index contributed by atoms with van der Waals surface area (Å²) in [7, 11) is -2.60. The van der Waals surface area contributed by atoms with E-state index in [2.05, 4.69) is 0 Å². The van der Waals surface area contributed by atoms with Crippen LogP contribution in [0.2, 0.25) is 0 Å². The van der Waals surface area contributed by atoms with E-state index >= 15 is 0 Å². The first-order chi connectivity index (χ1) is 1.73. The fourth-order valence-corrected chi connectivity index (χ4v) is 0. The fourth-order valence-electron chi connectivity index (χ4n) is 0. The van der Waals surface area contributed by atoms with Gasteiger partial charge in [0.05, 0.1) is 0 Å². The maximum absolute atomic E-state index is 8.52. The highest BCUT2D eigenvalue weighted by atomic mass is 35.6. The summed E-state index contributed by atoms with van der Waals surface area (Å²) in [6, 6.07) is 0. The van der Waals surface area contributed by atoms with Crippen LogP contribution >= 0.6 is 12.4 Å². The molecule has 0 aliphatic rings.